The minimum Gasteiger partial charge on any atom is -0.322 e. The molecule has 2 nitrogen and oxygen atoms in total. The van der Waals surface area contributed by atoms with E-state index in [1.165, 1.54) is 0 Å². The first kappa shape index (κ1) is 12.2. The standard InChI is InChI=1S/C12H14F3NO/c13-12(14,15)10(17)16-9-5-4-8-11(16)6-2-1-3-7-11/h2,4,6,8H,1,3,5,7,9H2. The van der Waals surface area contributed by atoms with Gasteiger partial charge in [0.1, 0.15) is 0 Å². The highest BCUT2D eigenvalue weighted by Crippen LogP contribution is 2.35. The van der Waals surface area contributed by atoms with Gasteiger partial charge in [-0.25, -0.2) is 0 Å². The molecule has 1 aliphatic carbocycles. The molecule has 0 saturated heterocycles. The molecule has 0 bridgehead atoms. The molecule has 1 atom stereocenters. The van der Waals surface area contributed by atoms with Gasteiger partial charge in [-0.15, -0.1) is 0 Å². The van der Waals surface area contributed by atoms with Crippen molar-refractivity contribution in [2.75, 3.05) is 6.54 Å². The summed E-state index contributed by atoms with van der Waals surface area (Å²) in [6.45, 7) is 0.138. The first-order chi connectivity index (χ1) is 7.96. The summed E-state index contributed by atoms with van der Waals surface area (Å²) >= 11 is 0. The fourth-order valence-corrected chi connectivity index (χ4v) is 2.47. The molecule has 1 amide bonds. The number of allylic oxidation sites excluding steroid dienone is 1. The Balaban J connectivity index is 2.32. The maximum atomic E-state index is 12.5. The van der Waals surface area contributed by atoms with E-state index in [1.54, 1.807) is 12.2 Å². The van der Waals surface area contributed by atoms with Gasteiger partial charge in [0.2, 0.25) is 0 Å². The Bertz CT molecular complexity index is 362. The topological polar surface area (TPSA) is 20.3 Å². The first-order valence-electron chi connectivity index (χ1n) is 5.70. The summed E-state index contributed by atoms with van der Waals surface area (Å²) in [7, 11) is 0. The van der Waals surface area contributed by atoms with E-state index in [0.29, 0.717) is 12.8 Å². The van der Waals surface area contributed by atoms with Crippen molar-refractivity contribution in [2.45, 2.75) is 37.4 Å². The Kier molecular flexibility index (Phi) is 3.02. The van der Waals surface area contributed by atoms with Gasteiger partial charge in [0.25, 0.3) is 0 Å². The second-order valence-corrected chi connectivity index (χ2v) is 4.43. The van der Waals surface area contributed by atoms with Crippen molar-refractivity contribution in [1.29, 1.82) is 0 Å². The van der Waals surface area contributed by atoms with Crippen molar-refractivity contribution in [1.82, 2.24) is 4.90 Å². The summed E-state index contributed by atoms with van der Waals surface area (Å²) in [5.41, 5.74) is -0.844. The largest absolute Gasteiger partial charge is 0.471 e. The Morgan fingerprint density at radius 2 is 1.82 bits per heavy atom. The fraction of sp³-hybridized carbons (Fsp3) is 0.583. The smallest absolute Gasteiger partial charge is 0.322 e. The van der Waals surface area contributed by atoms with Crippen LogP contribution < -0.4 is 0 Å². The maximum Gasteiger partial charge on any atom is 0.471 e. The molecule has 1 heterocycles. The van der Waals surface area contributed by atoms with Gasteiger partial charge in [0.05, 0.1) is 5.54 Å². The van der Waals surface area contributed by atoms with Crippen LogP contribution in [0.15, 0.2) is 24.3 Å². The summed E-state index contributed by atoms with van der Waals surface area (Å²) in [4.78, 5) is 12.4. The average Bonchev–Trinajstić information content (AvgIpc) is 2.29. The van der Waals surface area contributed by atoms with Crippen LogP contribution in [0.1, 0.15) is 25.7 Å². The van der Waals surface area contributed by atoms with Gasteiger partial charge in [-0.05, 0) is 25.7 Å². The van der Waals surface area contributed by atoms with E-state index in [1.807, 2.05) is 12.2 Å². The number of nitrogens with zero attached hydrogens (tertiary/aromatic N) is 1. The number of halogens is 3. The van der Waals surface area contributed by atoms with Crippen molar-refractivity contribution < 1.29 is 18.0 Å². The van der Waals surface area contributed by atoms with Gasteiger partial charge in [-0.1, -0.05) is 24.3 Å². The normalized spacial score (nSPS) is 28.8. The van der Waals surface area contributed by atoms with Crippen LogP contribution in [0.4, 0.5) is 13.2 Å². The Morgan fingerprint density at radius 3 is 2.35 bits per heavy atom. The summed E-state index contributed by atoms with van der Waals surface area (Å²) in [6.07, 6.45) is 5.12. The van der Waals surface area contributed by atoms with Crippen molar-refractivity contribution in [3.8, 4) is 0 Å². The van der Waals surface area contributed by atoms with E-state index in [0.717, 1.165) is 17.7 Å². The molecule has 17 heavy (non-hydrogen) atoms. The van der Waals surface area contributed by atoms with Crippen LogP contribution in [0.3, 0.4) is 0 Å². The molecule has 0 aromatic carbocycles. The molecule has 2 aliphatic rings. The van der Waals surface area contributed by atoms with E-state index >= 15 is 0 Å². The maximum absolute atomic E-state index is 12.5. The molecule has 5 heteroatoms. The predicted octanol–water partition coefficient (Wildman–Crippen LogP) is 2.82. The third kappa shape index (κ3) is 2.23. The van der Waals surface area contributed by atoms with Gasteiger partial charge >= 0.3 is 12.1 Å². The quantitative estimate of drug-likeness (QED) is 0.601. The first-order valence-corrected chi connectivity index (χ1v) is 5.70. The molecule has 0 radical (unpaired) electrons. The number of hydrogen-bond donors (Lipinski definition) is 0. The molecule has 1 spiro atoms. The summed E-state index contributed by atoms with van der Waals surface area (Å²) in [5, 5.41) is 0. The van der Waals surface area contributed by atoms with Gasteiger partial charge in [-0.2, -0.15) is 13.2 Å². The number of carbonyl (C=O) groups excluding carboxylic acids is 1. The molecule has 94 valence electrons. The summed E-state index contributed by atoms with van der Waals surface area (Å²) in [5.74, 6) is -1.73. The van der Waals surface area contributed by atoms with E-state index in [9.17, 15) is 18.0 Å². The lowest BCUT2D eigenvalue weighted by molar-refractivity contribution is -0.189. The lowest BCUT2D eigenvalue weighted by Crippen LogP contribution is -2.55. The zero-order valence-electron chi connectivity index (χ0n) is 9.33. The SMILES string of the molecule is O=C(N1CCC=CC12C=CCCC2)C(F)(F)F. The van der Waals surface area contributed by atoms with Crippen LogP contribution in [0.25, 0.3) is 0 Å². The lowest BCUT2D eigenvalue weighted by Gasteiger charge is -2.44. The third-order valence-corrected chi connectivity index (χ3v) is 3.27. The van der Waals surface area contributed by atoms with Crippen LogP contribution in [0.2, 0.25) is 0 Å². The number of alkyl halides is 3. The van der Waals surface area contributed by atoms with Crippen molar-refractivity contribution in [2.24, 2.45) is 0 Å². The summed E-state index contributed by atoms with van der Waals surface area (Å²) in [6, 6.07) is 0. The minimum atomic E-state index is -4.79. The highest BCUT2D eigenvalue weighted by Gasteiger charge is 2.49. The second kappa shape index (κ2) is 4.20. The van der Waals surface area contributed by atoms with Crippen LogP contribution in [0, 0.1) is 0 Å². The molecule has 2 rings (SSSR count). The number of rotatable bonds is 0. The van der Waals surface area contributed by atoms with Crippen LogP contribution >= 0.6 is 0 Å². The zero-order valence-corrected chi connectivity index (χ0v) is 9.33. The molecule has 0 fully saturated rings. The van der Waals surface area contributed by atoms with Gasteiger partial charge in [-0.3, -0.25) is 4.79 Å². The van der Waals surface area contributed by atoms with Crippen molar-refractivity contribution in [3.63, 3.8) is 0 Å². The fourth-order valence-electron chi connectivity index (χ4n) is 2.47. The van der Waals surface area contributed by atoms with Crippen molar-refractivity contribution in [3.05, 3.63) is 24.3 Å². The van der Waals surface area contributed by atoms with Crippen LogP contribution in [0.5, 0.6) is 0 Å². The second-order valence-electron chi connectivity index (χ2n) is 4.43. The van der Waals surface area contributed by atoms with E-state index < -0.39 is 17.6 Å². The van der Waals surface area contributed by atoms with E-state index in [2.05, 4.69) is 0 Å². The highest BCUT2D eigenvalue weighted by molar-refractivity contribution is 5.83. The Hall–Kier alpha value is -1.26. The van der Waals surface area contributed by atoms with E-state index in [-0.39, 0.29) is 6.54 Å². The lowest BCUT2D eigenvalue weighted by atomic mass is 9.83. The third-order valence-electron chi connectivity index (χ3n) is 3.27. The molecule has 0 aromatic heterocycles. The van der Waals surface area contributed by atoms with Crippen LogP contribution in [-0.2, 0) is 4.79 Å². The number of carbonyl (C=O) groups is 1. The zero-order chi connectivity index (χ0) is 12.5. The van der Waals surface area contributed by atoms with Crippen LogP contribution in [-0.4, -0.2) is 29.1 Å². The molecule has 0 aromatic rings. The van der Waals surface area contributed by atoms with Crippen molar-refractivity contribution >= 4 is 5.91 Å². The highest BCUT2D eigenvalue weighted by atomic mass is 19.4. The van der Waals surface area contributed by atoms with E-state index in [4.69, 9.17) is 0 Å². The number of amides is 1. The molecular formula is C12H14F3NO. The van der Waals surface area contributed by atoms with Gasteiger partial charge < -0.3 is 4.90 Å². The van der Waals surface area contributed by atoms with Gasteiger partial charge in [0, 0.05) is 6.54 Å². The predicted molar refractivity (Wildman–Crippen MR) is 57.2 cm³/mol. The molecule has 0 saturated carbocycles. The minimum absolute atomic E-state index is 0.138. The monoisotopic (exact) mass is 245 g/mol. The summed E-state index contributed by atoms with van der Waals surface area (Å²) < 4.78 is 37.6. The van der Waals surface area contributed by atoms with Gasteiger partial charge in [0.15, 0.2) is 0 Å². The molecular weight excluding hydrogens is 231 g/mol. The Morgan fingerprint density at radius 1 is 1.18 bits per heavy atom. The number of hydrogen-bond acceptors (Lipinski definition) is 1. The Labute approximate surface area is 97.8 Å². The average molecular weight is 245 g/mol. The molecule has 0 N–H and O–H groups in total. The molecule has 1 unspecified atom stereocenters. The molecule has 1 aliphatic heterocycles.